The summed E-state index contributed by atoms with van der Waals surface area (Å²) in [6, 6.07) is 6.44. The van der Waals surface area contributed by atoms with Gasteiger partial charge < -0.3 is 5.32 Å². The highest BCUT2D eigenvalue weighted by atomic mass is 79.9. The average Bonchev–Trinajstić information content (AvgIpc) is 2.82. The zero-order chi connectivity index (χ0) is 12.3. The molecule has 0 spiro atoms. The maximum Gasteiger partial charge on any atom is 0.0843 e. The van der Waals surface area contributed by atoms with Gasteiger partial charge in [-0.2, -0.15) is 0 Å². The van der Waals surface area contributed by atoms with Crippen LogP contribution in [0.4, 0.5) is 0 Å². The molecule has 17 heavy (non-hydrogen) atoms. The molecule has 0 aliphatic carbocycles. The maximum atomic E-state index is 3.50. The minimum absolute atomic E-state index is 0.932. The van der Waals surface area contributed by atoms with Crippen molar-refractivity contribution in [2.75, 3.05) is 6.54 Å². The number of thiophene rings is 2. The predicted octanol–water partition coefficient (Wildman–Crippen LogP) is 5.43. The number of rotatable bonds is 5. The average molecular weight is 460 g/mol. The van der Waals surface area contributed by atoms with Crippen LogP contribution in [0.2, 0.25) is 0 Å². The van der Waals surface area contributed by atoms with E-state index in [2.05, 4.69) is 71.3 Å². The Balaban J connectivity index is 1.73. The Kier molecular flexibility index (Phi) is 5.70. The van der Waals surface area contributed by atoms with Gasteiger partial charge in [0.15, 0.2) is 0 Å². The second kappa shape index (κ2) is 6.82. The van der Waals surface area contributed by atoms with E-state index in [0.29, 0.717) is 0 Å². The lowest BCUT2D eigenvalue weighted by Gasteiger charge is -2.00. The van der Waals surface area contributed by atoms with Crippen molar-refractivity contribution in [1.82, 2.24) is 5.32 Å². The normalized spacial score (nSPS) is 11.0. The van der Waals surface area contributed by atoms with Crippen molar-refractivity contribution in [2.45, 2.75) is 13.0 Å². The Labute approximate surface area is 134 Å². The van der Waals surface area contributed by atoms with Gasteiger partial charge in [0.1, 0.15) is 0 Å². The van der Waals surface area contributed by atoms with Gasteiger partial charge in [-0.15, -0.1) is 22.7 Å². The molecule has 2 heterocycles. The van der Waals surface area contributed by atoms with Gasteiger partial charge in [-0.1, -0.05) is 0 Å². The zero-order valence-electron chi connectivity index (χ0n) is 8.80. The van der Waals surface area contributed by atoms with Crippen molar-refractivity contribution >= 4 is 70.5 Å². The van der Waals surface area contributed by atoms with Gasteiger partial charge in [0, 0.05) is 27.3 Å². The Morgan fingerprint density at radius 1 is 1.06 bits per heavy atom. The predicted molar refractivity (Wildman–Crippen MR) is 87.1 cm³/mol. The van der Waals surface area contributed by atoms with Crippen molar-refractivity contribution in [1.29, 1.82) is 0 Å². The summed E-state index contributed by atoms with van der Waals surface area (Å²) >= 11 is 14.1. The van der Waals surface area contributed by atoms with E-state index in [4.69, 9.17) is 0 Å². The van der Waals surface area contributed by atoms with E-state index in [-0.39, 0.29) is 0 Å². The van der Waals surface area contributed by atoms with E-state index < -0.39 is 0 Å². The number of hydrogen-bond acceptors (Lipinski definition) is 3. The Morgan fingerprint density at radius 3 is 2.47 bits per heavy atom. The third kappa shape index (κ3) is 4.44. The van der Waals surface area contributed by atoms with Crippen LogP contribution in [0, 0.1) is 0 Å². The Morgan fingerprint density at radius 2 is 1.88 bits per heavy atom. The van der Waals surface area contributed by atoms with Crippen LogP contribution < -0.4 is 5.32 Å². The van der Waals surface area contributed by atoms with E-state index in [1.165, 1.54) is 13.5 Å². The molecular weight excluding hydrogens is 450 g/mol. The molecule has 2 aromatic heterocycles. The van der Waals surface area contributed by atoms with Crippen LogP contribution >= 0.6 is 70.5 Å². The van der Waals surface area contributed by atoms with E-state index >= 15 is 0 Å². The Bertz CT molecular complexity index is 473. The number of halogens is 3. The van der Waals surface area contributed by atoms with Gasteiger partial charge in [-0.05, 0) is 72.4 Å². The molecule has 0 unspecified atom stereocenters. The first kappa shape index (κ1) is 14.2. The molecule has 2 rings (SSSR count). The molecule has 0 aliphatic rings. The highest BCUT2D eigenvalue weighted by molar-refractivity contribution is 9.13. The molecule has 0 aliphatic heterocycles. The summed E-state index contributed by atoms with van der Waals surface area (Å²) in [5.41, 5.74) is 0. The first-order valence-corrected chi connectivity index (χ1v) is 9.05. The van der Waals surface area contributed by atoms with E-state index in [1.807, 2.05) is 0 Å². The summed E-state index contributed by atoms with van der Waals surface area (Å²) in [5.74, 6) is 0. The third-order valence-electron chi connectivity index (χ3n) is 2.17. The van der Waals surface area contributed by atoms with Crippen molar-refractivity contribution in [2.24, 2.45) is 0 Å². The SMILES string of the molecule is Brc1ccc(CCNCc2cc(Br)c(Br)s2)s1. The molecule has 0 saturated heterocycles. The number of hydrogen-bond donors (Lipinski definition) is 1. The fraction of sp³-hybridized carbons (Fsp3) is 0.273. The summed E-state index contributed by atoms with van der Waals surface area (Å²) in [4.78, 5) is 2.76. The maximum absolute atomic E-state index is 3.50. The van der Waals surface area contributed by atoms with Gasteiger partial charge >= 0.3 is 0 Å². The van der Waals surface area contributed by atoms with Gasteiger partial charge in [0.05, 0.1) is 7.57 Å². The molecule has 0 radical (unpaired) electrons. The molecule has 1 N–H and O–H groups in total. The first-order valence-electron chi connectivity index (χ1n) is 5.04. The van der Waals surface area contributed by atoms with Crippen molar-refractivity contribution in [3.8, 4) is 0 Å². The molecule has 0 atom stereocenters. The monoisotopic (exact) mass is 457 g/mol. The van der Waals surface area contributed by atoms with Crippen LogP contribution in [-0.4, -0.2) is 6.54 Å². The summed E-state index contributed by atoms with van der Waals surface area (Å²) in [6.07, 6.45) is 1.09. The van der Waals surface area contributed by atoms with Gasteiger partial charge in [0.2, 0.25) is 0 Å². The summed E-state index contributed by atoms with van der Waals surface area (Å²) in [5, 5.41) is 3.46. The van der Waals surface area contributed by atoms with E-state index in [0.717, 1.165) is 27.8 Å². The van der Waals surface area contributed by atoms with Crippen molar-refractivity contribution in [3.63, 3.8) is 0 Å². The summed E-state index contributed by atoms with van der Waals surface area (Å²) in [6.45, 7) is 1.95. The second-order valence-electron chi connectivity index (χ2n) is 3.47. The van der Waals surface area contributed by atoms with Crippen LogP contribution in [0.5, 0.6) is 0 Å². The van der Waals surface area contributed by atoms with Gasteiger partial charge in [-0.25, -0.2) is 0 Å². The molecule has 0 saturated carbocycles. The minimum Gasteiger partial charge on any atom is -0.311 e. The van der Waals surface area contributed by atoms with Crippen LogP contribution in [0.25, 0.3) is 0 Å². The molecule has 2 aromatic rings. The highest BCUT2D eigenvalue weighted by Crippen LogP contribution is 2.32. The van der Waals surface area contributed by atoms with E-state index in [1.54, 1.807) is 22.7 Å². The molecule has 1 nitrogen and oxygen atoms in total. The fourth-order valence-electron chi connectivity index (χ4n) is 1.39. The van der Waals surface area contributed by atoms with E-state index in [9.17, 15) is 0 Å². The van der Waals surface area contributed by atoms with Gasteiger partial charge in [-0.3, -0.25) is 0 Å². The lowest BCUT2D eigenvalue weighted by atomic mass is 10.3. The molecule has 0 bridgehead atoms. The number of nitrogens with one attached hydrogen (secondary N) is 1. The molecule has 92 valence electrons. The van der Waals surface area contributed by atoms with Gasteiger partial charge in [0.25, 0.3) is 0 Å². The molecule has 6 heteroatoms. The van der Waals surface area contributed by atoms with Crippen molar-refractivity contribution < 1.29 is 0 Å². The summed E-state index contributed by atoms with van der Waals surface area (Å²) in [7, 11) is 0. The lowest BCUT2D eigenvalue weighted by Crippen LogP contribution is -2.15. The first-order chi connectivity index (χ1) is 8.15. The molecular formula is C11H10Br3NS2. The molecule has 0 amide bonds. The molecule has 0 aromatic carbocycles. The highest BCUT2D eigenvalue weighted by Gasteiger charge is 2.03. The Hall–Kier alpha value is 0.800. The molecule has 0 fully saturated rings. The largest absolute Gasteiger partial charge is 0.311 e. The smallest absolute Gasteiger partial charge is 0.0843 e. The van der Waals surface area contributed by atoms with Crippen LogP contribution in [-0.2, 0) is 13.0 Å². The zero-order valence-corrected chi connectivity index (χ0v) is 15.2. The standard InChI is InChI=1S/C11H10Br3NS2/c12-9-5-8(17-11(9)14)6-15-4-3-7-1-2-10(13)16-7/h1-2,5,15H,3-4,6H2. The van der Waals surface area contributed by atoms with Crippen LogP contribution in [0.3, 0.4) is 0 Å². The fourth-order valence-corrected chi connectivity index (χ4v) is 5.02. The lowest BCUT2D eigenvalue weighted by molar-refractivity contribution is 0.697. The summed E-state index contributed by atoms with van der Waals surface area (Å²) < 4.78 is 3.51. The third-order valence-corrected chi connectivity index (χ3v) is 7.11. The van der Waals surface area contributed by atoms with Crippen LogP contribution in [0.15, 0.2) is 30.2 Å². The van der Waals surface area contributed by atoms with Crippen LogP contribution in [0.1, 0.15) is 9.75 Å². The minimum atomic E-state index is 0.932. The topological polar surface area (TPSA) is 12.0 Å². The second-order valence-corrected chi connectivity index (χ2v) is 9.32. The quantitative estimate of drug-likeness (QED) is 0.588. The van der Waals surface area contributed by atoms with Crippen molar-refractivity contribution in [3.05, 3.63) is 40.0 Å².